The van der Waals surface area contributed by atoms with Gasteiger partial charge in [-0.15, -0.1) is 11.3 Å². The van der Waals surface area contributed by atoms with E-state index in [9.17, 15) is 9.18 Å². The molecule has 2 aromatic heterocycles. The van der Waals surface area contributed by atoms with E-state index in [1.54, 1.807) is 18.2 Å². The van der Waals surface area contributed by atoms with Gasteiger partial charge in [0.25, 0.3) is 5.91 Å². The highest BCUT2D eigenvalue weighted by Crippen LogP contribution is 2.34. The van der Waals surface area contributed by atoms with E-state index in [4.69, 9.17) is 0 Å². The number of halogens is 1. The molecule has 1 N–H and O–H groups in total. The number of hydrogen-bond acceptors (Lipinski definition) is 5. The number of amides is 1. The maximum absolute atomic E-state index is 13.2. The molecule has 0 unspecified atom stereocenters. The average molecular weight is 462 g/mol. The molecular formula is C25H24FN5OS. The SMILES string of the molecule is Cc1nc(-c2ccc(F)cc2)sc1-c1cc(C(=O)N2CCN(Cc3ccccc3)CC2)n[nH]1. The first-order chi connectivity index (χ1) is 16.1. The molecule has 33 heavy (non-hydrogen) atoms. The summed E-state index contributed by atoms with van der Waals surface area (Å²) in [7, 11) is 0. The van der Waals surface area contributed by atoms with E-state index in [1.807, 2.05) is 17.9 Å². The molecule has 8 heteroatoms. The molecule has 3 heterocycles. The molecule has 1 aliphatic heterocycles. The minimum atomic E-state index is -0.273. The fourth-order valence-corrected chi connectivity index (χ4v) is 5.06. The number of thiazole rings is 1. The number of rotatable bonds is 5. The lowest BCUT2D eigenvalue weighted by atomic mass is 10.2. The number of nitrogens with one attached hydrogen (secondary N) is 1. The van der Waals surface area contributed by atoms with Crippen LogP contribution in [-0.4, -0.2) is 57.1 Å². The molecule has 0 bridgehead atoms. The quantitative estimate of drug-likeness (QED) is 0.472. The second-order valence-electron chi connectivity index (χ2n) is 8.16. The summed E-state index contributed by atoms with van der Waals surface area (Å²) in [6, 6.07) is 18.5. The van der Waals surface area contributed by atoms with Crippen LogP contribution in [0.3, 0.4) is 0 Å². The van der Waals surface area contributed by atoms with Crippen LogP contribution < -0.4 is 0 Å². The van der Waals surface area contributed by atoms with Crippen LogP contribution in [0.15, 0.2) is 60.7 Å². The van der Waals surface area contributed by atoms with Crippen molar-refractivity contribution in [1.29, 1.82) is 0 Å². The maximum atomic E-state index is 13.2. The molecule has 2 aromatic carbocycles. The van der Waals surface area contributed by atoms with E-state index in [0.29, 0.717) is 18.8 Å². The van der Waals surface area contributed by atoms with Gasteiger partial charge in [0.2, 0.25) is 0 Å². The molecule has 168 valence electrons. The summed E-state index contributed by atoms with van der Waals surface area (Å²) in [5.41, 5.74) is 4.17. The Labute approximate surface area is 195 Å². The Morgan fingerprint density at radius 1 is 1.06 bits per heavy atom. The van der Waals surface area contributed by atoms with Crippen molar-refractivity contribution in [2.24, 2.45) is 0 Å². The number of aryl methyl sites for hydroxylation is 1. The molecule has 0 aliphatic carbocycles. The molecule has 5 rings (SSSR count). The van der Waals surface area contributed by atoms with E-state index in [0.717, 1.165) is 46.5 Å². The zero-order valence-electron chi connectivity index (χ0n) is 18.3. The van der Waals surface area contributed by atoms with Crippen molar-refractivity contribution in [2.75, 3.05) is 26.2 Å². The minimum Gasteiger partial charge on any atom is -0.335 e. The number of carbonyl (C=O) groups is 1. The molecular weight excluding hydrogens is 437 g/mol. The Morgan fingerprint density at radius 3 is 2.52 bits per heavy atom. The lowest BCUT2D eigenvalue weighted by Gasteiger charge is -2.34. The number of H-pyrrole nitrogens is 1. The third kappa shape index (κ3) is 4.72. The Balaban J connectivity index is 1.25. The Morgan fingerprint density at radius 2 is 1.79 bits per heavy atom. The fraction of sp³-hybridized carbons (Fsp3) is 0.240. The van der Waals surface area contributed by atoms with Gasteiger partial charge in [0, 0.05) is 38.3 Å². The van der Waals surface area contributed by atoms with Crippen LogP contribution >= 0.6 is 11.3 Å². The minimum absolute atomic E-state index is 0.0576. The second kappa shape index (κ2) is 9.25. The van der Waals surface area contributed by atoms with Crippen LogP contribution in [0.5, 0.6) is 0 Å². The molecule has 0 spiro atoms. The van der Waals surface area contributed by atoms with Crippen molar-refractivity contribution in [3.8, 4) is 21.1 Å². The molecule has 1 amide bonds. The van der Waals surface area contributed by atoms with Crippen LogP contribution in [0.25, 0.3) is 21.1 Å². The standard InChI is InChI=1S/C25H24FN5OS/c1-17-23(33-24(27-17)19-7-9-20(26)10-8-19)21-15-22(29-28-21)25(32)31-13-11-30(12-14-31)16-18-5-3-2-4-6-18/h2-10,15H,11-14,16H2,1H3,(H,28,29). The highest BCUT2D eigenvalue weighted by molar-refractivity contribution is 7.18. The number of aromatic amines is 1. The summed E-state index contributed by atoms with van der Waals surface area (Å²) >= 11 is 1.50. The van der Waals surface area contributed by atoms with E-state index < -0.39 is 0 Å². The monoisotopic (exact) mass is 461 g/mol. The van der Waals surface area contributed by atoms with Crippen molar-refractivity contribution >= 4 is 17.2 Å². The van der Waals surface area contributed by atoms with Gasteiger partial charge in [0.05, 0.1) is 16.3 Å². The first-order valence-electron chi connectivity index (χ1n) is 10.9. The lowest BCUT2D eigenvalue weighted by Crippen LogP contribution is -2.48. The normalized spacial score (nSPS) is 14.5. The summed E-state index contributed by atoms with van der Waals surface area (Å²) in [4.78, 5) is 22.8. The second-order valence-corrected chi connectivity index (χ2v) is 9.16. The van der Waals surface area contributed by atoms with Gasteiger partial charge in [-0.2, -0.15) is 5.10 Å². The summed E-state index contributed by atoms with van der Waals surface area (Å²) in [5.74, 6) is -0.331. The first kappa shape index (κ1) is 21.5. The van der Waals surface area contributed by atoms with Crippen LogP contribution in [0.2, 0.25) is 0 Å². The number of nitrogens with zero attached hydrogens (tertiary/aromatic N) is 4. The Bertz CT molecular complexity index is 1240. The summed E-state index contributed by atoms with van der Waals surface area (Å²) in [6.45, 7) is 5.87. The number of aromatic nitrogens is 3. The Kier molecular flexibility index (Phi) is 6.02. The maximum Gasteiger partial charge on any atom is 0.274 e. The smallest absolute Gasteiger partial charge is 0.274 e. The third-order valence-corrected chi connectivity index (χ3v) is 7.08. The van der Waals surface area contributed by atoms with E-state index in [1.165, 1.54) is 29.0 Å². The summed E-state index contributed by atoms with van der Waals surface area (Å²) in [6.07, 6.45) is 0. The van der Waals surface area contributed by atoms with Crippen LogP contribution in [0.4, 0.5) is 4.39 Å². The lowest BCUT2D eigenvalue weighted by molar-refractivity contribution is 0.0622. The molecule has 1 aliphatic rings. The molecule has 6 nitrogen and oxygen atoms in total. The van der Waals surface area contributed by atoms with Crippen LogP contribution in [0.1, 0.15) is 21.7 Å². The van der Waals surface area contributed by atoms with Gasteiger partial charge in [-0.1, -0.05) is 30.3 Å². The Hall–Kier alpha value is -3.36. The predicted molar refractivity (Wildman–Crippen MR) is 127 cm³/mol. The highest BCUT2D eigenvalue weighted by atomic mass is 32.1. The van der Waals surface area contributed by atoms with E-state index in [2.05, 4.69) is 44.3 Å². The largest absolute Gasteiger partial charge is 0.335 e. The number of benzene rings is 2. The third-order valence-electron chi connectivity index (χ3n) is 5.84. The van der Waals surface area contributed by atoms with Gasteiger partial charge >= 0.3 is 0 Å². The van der Waals surface area contributed by atoms with Crippen LogP contribution in [0, 0.1) is 12.7 Å². The van der Waals surface area contributed by atoms with Crippen LogP contribution in [-0.2, 0) is 6.54 Å². The number of piperazine rings is 1. The van der Waals surface area contributed by atoms with Crippen molar-refractivity contribution in [1.82, 2.24) is 25.0 Å². The molecule has 0 saturated carbocycles. The molecule has 1 saturated heterocycles. The molecule has 1 fully saturated rings. The topological polar surface area (TPSA) is 65.1 Å². The number of carbonyl (C=O) groups excluding carboxylic acids is 1. The molecule has 4 aromatic rings. The highest BCUT2D eigenvalue weighted by Gasteiger charge is 2.24. The van der Waals surface area contributed by atoms with Gasteiger partial charge < -0.3 is 4.90 Å². The van der Waals surface area contributed by atoms with Crippen molar-refractivity contribution in [3.05, 3.63) is 83.4 Å². The van der Waals surface area contributed by atoms with Crippen molar-refractivity contribution in [2.45, 2.75) is 13.5 Å². The predicted octanol–water partition coefficient (Wildman–Crippen LogP) is 4.61. The molecule has 0 atom stereocenters. The van der Waals surface area contributed by atoms with Gasteiger partial charge in [-0.25, -0.2) is 9.37 Å². The summed E-state index contributed by atoms with van der Waals surface area (Å²) in [5, 5.41) is 8.09. The molecule has 0 radical (unpaired) electrons. The first-order valence-corrected chi connectivity index (χ1v) is 11.7. The fourth-order valence-electron chi connectivity index (χ4n) is 4.02. The average Bonchev–Trinajstić information content (AvgIpc) is 3.47. The van der Waals surface area contributed by atoms with E-state index >= 15 is 0 Å². The van der Waals surface area contributed by atoms with Crippen molar-refractivity contribution in [3.63, 3.8) is 0 Å². The van der Waals surface area contributed by atoms with Gasteiger partial charge in [0.15, 0.2) is 5.69 Å². The number of hydrogen-bond donors (Lipinski definition) is 1. The van der Waals surface area contributed by atoms with Gasteiger partial charge in [0.1, 0.15) is 10.8 Å². The van der Waals surface area contributed by atoms with Gasteiger partial charge in [-0.05, 0) is 42.8 Å². The van der Waals surface area contributed by atoms with E-state index in [-0.39, 0.29) is 11.7 Å². The van der Waals surface area contributed by atoms with Crippen molar-refractivity contribution < 1.29 is 9.18 Å². The zero-order valence-corrected chi connectivity index (χ0v) is 19.1. The van der Waals surface area contributed by atoms with Gasteiger partial charge in [-0.3, -0.25) is 14.8 Å². The zero-order chi connectivity index (χ0) is 22.8. The summed E-state index contributed by atoms with van der Waals surface area (Å²) < 4.78 is 13.2.